The Kier molecular flexibility index (Phi) is 6.29. The van der Waals surface area contributed by atoms with E-state index in [1.54, 1.807) is 17.0 Å². The maximum atomic E-state index is 12.5. The number of hydrogen-bond donors (Lipinski definition) is 1. The van der Waals surface area contributed by atoms with Gasteiger partial charge < -0.3 is 15.4 Å². The minimum Gasteiger partial charge on any atom is -0.439 e. The lowest BCUT2D eigenvalue weighted by Gasteiger charge is -2.23. The third kappa shape index (κ3) is 4.69. The van der Waals surface area contributed by atoms with E-state index in [0.29, 0.717) is 37.4 Å². The number of nitriles is 1. The van der Waals surface area contributed by atoms with Crippen LogP contribution in [0.4, 0.5) is 5.69 Å². The second-order valence-electron chi connectivity index (χ2n) is 6.66. The first kappa shape index (κ1) is 19.5. The summed E-state index contributed by atoms with van der Waals surface area (Å²) in [6.07, 6.45) is 3.98. The number of ether oxygens (including phenoxy) is 1. The van der Waals surface area contributed by atoms with Crippen molar-refractivity contribution >= 4 is 11.6 Å². The van der Waals surface area contributed by atoms with Crippen LogP contribution in [-0.2, 0) is 11.2 Å². The summed E-state index contributed by atoms with van der Waals surface area (Å²) >= 11 is 0. The van der Waals surface area contributed by atoms with Gasteiger partial charge in [0.2, 0.25) is 11.8 Å². The van der Waals surface area contributed by atoms with Crippen molar-refractivity contribution in [3.63, 3.8) is 0 Å². The predicted molar refractivity (Wildman–Crippen MR) is 103 cm³/mol. The Morgan fingerprint density at radius 2 is 2.29 bits per heavy atom. The maximum absolute atomic E-state index is 12.5. The molecule has 3 rings (SSSR count). The Morgan fingerprint density at radius 1 is 1.43 bits per heavy atom. The lowest BCUT2D eigenvalue weighted by Crippen LogP contribution is -2.45. The SMILES string of the molecule is N#CC1CCCN1C(=O)C(N)CCc1cccc(Oc2ccc(N=O)cn2)c1. The third-order valence-corrected chi connectivity index (χ3v) is 4.69. The van der Waals surface area contributed by atoms with Gasteiger partial charge in [0.15, 0.2) is 0 Å². The molecule has 1 fully saturated rings. The number of aromatic nitrogens is 1. The van der Waals surface area contributed by atoms with Crippen molar-refractivity contribution in [3.8, 4) is 17.7 Å². The number of pyridine rings is 1. The molecule has 1 aromatic heterocycles. The first-order valence-electron chi connectivity index (χ1n) is 9.12. The molecule has 2 heterocycles. The van der Waals surface area contributed by atoms with Gasteiger partial charge in [-0.2, -0.15) is 5.26 Å². The van der Waals surface area contributed by atoms with Gasteiger partial charge in [-0.3, -0.25) is 4.79 Å². The molecule has 1 aliphatic heterocycles. The fourth-order valence-electron chi connectivity index (χ4n) is 3.20. The highest BCUT2D eigenvalue weighted by Crippen LogP contribution is 2.23. The lowest BCUT2D eigenvalue weighted by atomic mass is 10.0. The van der Waals surface area contributed by atoms with E-state index in [9.17, 15) is 9.70 Å². The number of hydrogen-bond acceptors (Lipinski definition) is 7. The van der Waals surface area contributed by atoms with E-state index in [1.807, 2.05) is 18.2 Å². The van der Waals surface area contributed by atoms with Crippen LogP contribution in [0.3, 0.4) is 0 Å². The lowest BCUT2D eigenvalue weighted by molar-refractivity contribution is -0.132. The number of nitrogens with zero attached hydrogens (tertiary/aromatic N) is 4. The van der Waals surface area contributed by atoms with E-state index >= 15 is 0 Å². The van der Waals surface area contributed by atoms with E-state index in [2.05, 4.69) is 16.2 Å². The average molecular weight is 379 g/mol. The highest BCUT2D eigenvalue weighted by atomic mass is 16.5. The molecule has 2 atom stereocenters. The van der Waals surface area contributed by atoms with E-state index in [0.717, 1.165) is 12.0 Å². The molecule has 1 saturated heterocycles. The van der Waals surface area contributed by atoms with Crippen molar-refractivity contribution in [2.75, 3.05) is 6.54 Å². The van der Waals surface area contributed by atoms with Crippen LogP contribution in [0.2, 0.25) is 0 Å². The molecule has 0 aliphatic carbocycles. The van der Waals surface area contributed by atoms with Gasteiger partial charge in [0.1, 0.15) is 17.5 Å². The monoisotopic (exact) mass is 379 g/mol. The van der Waals surface area contributed by atoms with Gasteiger partial charge in [0, 0.05) is 12.6 Å². The summed E-state index contributed by atoms with van der Waals surface area (Å²) < 4.78 is 5.69. The number of likely N-dealkylation sites (tertiary alicyclic amines) is 1. The molecule has 2 aromatic rings. The van der Waals surface area contributed by atoms with Gasteiger partial charge in [-0.15, -0.1) is 4.91 Å². The zero-order valence-electron chi connectivity index (χ0n) is 15.3. The molecular weight excluding hydrogens is 358 g/mol. The number of aryl methyl sites for hydroxylation is 1. The normalized spacial score (nSPS) is 17.0. The molecule has 0 saturated carbocycles. The molecule has 28 heavy (non-hydrogen) atoms. The summed E-state index contributed by atoms with van der Waals surface area (Å²) in [7, 11) is 0. The van der Waals surface area contributed by atoms with Crippen LogP contribution >= 0.6 is 0 Å². The molecular formula is C20H21N5O3. The number of nitrogens with two attached hydrogens (primary N) is 1. The number of amides is 1. The Bertz CT molecular complexity index is 878. The first-order chi connectivity index (χ1) is 13.6. The summed E-state index contributed by atoms with van der Waals surface area (Å²) in [5.41, 5.74) is 7.28. The summed E-state index contributed by atoms with van der Waals surface area (Å²) in [5.74, 6) is 0.790. The average Bonchev–Trinajstić information content (AvgIpc) is 3.21. The second-order valence-corrected chi connectivity index (χ2v) is 6.66. The zero-order chi connectivity index (χ0) is 19.9. The van der Waals surface area contributed by atoms with E-state index in [4.69, 9.17) is 15.7 Å². The minimum absolute atomic E-state index is 0.162. The number of carbonyl (C=O) groups is 1. The molecule has 2 N–H and O–H groups in total. The Balaban J connectivity index is 1.57. The van der Waals surface area contributed by atoms with Crippen molar-refractivity contribution < 1.29 is 9.53 Å². The summed E-state index contributed by atoms with van der Waals surface area (Å²) in [4.78, 5) is 28.5. The minimum atomic E-state index is -0.636. The molecule has 1 amide bonds. The van der Waals surface area contributed by atoms with Gasteiger partial charge in [-0.1, -0.05) is 12.1 Å². The van der Waals surface area contributed by atoms with Crippen molar-refractivity contribution in [3.05, 3.63) is 53.1 Å². The van der Waals surface area contributed by atoms with Crippen LogP contribution < -0.4 is 10.5 Å². The van der Waals surface area contributed by atoms with Crippen molar-refractivity contribution in [2.24, 2.45) is 10.9 Å². The summed E-state index contributed by atoms with van der Waals surface area (Å²) in [5, 5.41) is 11.9. The van der Waals surface area contributed by atoms with Crippen molar-refractivity contribution in [1.82, 2.24) is 9.88 Å². The molecule has 0 spiro atoms. The van der Waals surface area contributed by atoms with E-state index in [-0.39, 0.29) is 17.6 Å². The van der Waals surface area contributed by atoms with Crippen molar-refractivity contribution in [2.45, 2.75) is 37.8 Å². The molecule has 8 nitrogen and oxygen atoms in total. The molecule has 1 aromatic carbocycles. The number of carbonyl (C=O) groups excluding carboxylic acids is 1. The van der Waals surface area contributed by atoms with Gasteiger partial charge in [-0.05, 0) is 54.6 Å². The van der Waals surface area contributed by atoms with Crippen LogP contribution in [0, 0.1) is 16.2 Å². The third-order valence-electron chi connectivity index (χ3n) is 4.69. The summed E-state index contributed by atoms with van der Waals surface area (Å²) in [6.45, 7) is 0.597. The number of nitroso groups, excluding NO2 is 1. The summed E-state index contributed by atoms with van der Waals surface area (Å²) in [6, 6.07) is 11.7. The second kappa shape index (κ2) is 9.06. The van der Waals surface area contributed by atoms with Gasteiger partial charge >= 0.3 is 0 Å². The Labute approximate surface area is 162 Å². The van der Waals surface area contributed by atoms with Crippen LogP contribution in [0.5, 0.6) is 11.6 Å². The fraction of sp³-hybridized carbons (Fsp3) is 0.350. The number of rotatable bonds is 7. The maximum Gasteiger partial charge on any atom is 0.240 e. The zero-order valence-corrected chi connectivity index (χ0v) is 15.3. The van der Waals surface area contributed by atoms with Gasteiger partial charge in [0.05, 0.1) is 18.3 Å². The van der Waals surface area contributed by atoms with Crippen LogP contribution in [0.25, 0.3) is 0 Å². The molecule has 1 aliphatic rings. The van der Waals surface area contributed by atoms with Crippen LogP contribution in [0.1, 0.15) is 24.8 Å². The van der Waals surface area contributed by atoms with Crippen LogP contribution in [-0.4, -0.2) is 34.4 Å². The Morgan fingerprint density at radius 3 is 3.00 bits per heavy atom. The van der Waals surface area contributed by atoms with E-state index in [1.165, 1.54) is 12.3 Å². The topological polar surface area (TPSA) is 122 Å². The molecule has 0 radical (unpaired) electrons. The molecule has 2 unspecified atom stereocenters. The van der Waals surface area contributed by atoms with Gasteiger partial charge in [0.25, 0.3) is 0 Å². The quantitative estimate of drug-likeness (QED) is 0.738. The molecule has 8 heteroatoms. The molecule has 0 bridgehead atoms. The van der Waals surface area contributed by atoms with Crippen molar-refractivity contribution in [1.29, 1.82) is 5.26 Å². The largest absolute Gasteiger partial charge is 0.439 e. The van der Waals surface area contributed by atoms with E-state index < -0.39 is 6.04 Å². The molecule has 144 valence electrons. The predicted octanol–water partition coefficient (Wildman–Crippen LogP) is 3.05. The smallest absolute Gasteiger partial charge is 0.240 e. The highest BCUT2D eigenvalue weighted by Gasteiger charge is 2.31. The Hall–Kier alpha value is -3.31. The van der Waals surface area contributed by atoms with Gasteiger partial charge in [-0.25, -0.2) is 4.98 Å². The standard InChI is InChI=1S/C20H21N5O3/c21-12-16-4-2-10-25(16)20(26)18(22)8-6-14-3-1-5-17(11-14)28-19-9-7-15(24-27)13-23-19/h1,3,5,7,9,11,13,16,18H,2,4,6,8,10,22H2. The fourth-order valence-corrected chi connectivity index (χ4v) is 3.20. The number of benzene rings is 1. The van der Waals surface area contributed by atoms with Crippen LogP contribution in [0.15, 0.2) is 47.8 Å². The highest BCUT2D eigenvalue weighted by molar-refractivity contribution is 5.82. The first-order valence-corrected chi connectivity index (χ1v) is 9.12.